The van der Waals surface area contributed by atoms with Gasteiger partial charge in [0.1, 0.15) is 5.82 Å². The second kappa shape index (κ2) is 7.92. The lowest BCUT2D eigenvalue weighted by Crippen LogP contribution is -2.26. The molecule has 3 rings (SSSR count). The quantitative estimate of drug-likeness (QED) is 0.855. The van der Waals surface area contributed by atoms with Gasteiger partial charge in [-0.1, -0.05) is 31.4 Å². The molecule has 0 heterocycles. The Labute approximate surface area is 146 Å². The van der Waals surface area contributed by atoms with Crippen LogP contribution in [0.3, 0.4) is 0 Å². The fourth-order valence-corrected chi connectivity index (χ4v) is 3.12. The minimum atomic E-state index is -0.363. The molecular weight excluding hydrogens is 319 g/mol. The van der Waals surface area contributed by atoms with Crippen LogP contribution in [0.25, 0.3) is 0 Å². The van der Waals surface area contributed by atoms with E-state index >= 15 is 0 Å². The van der Waals surface area contributed by atoms with Crippen LogP contribution < -0.4 is 10.6 Å². The summed E-state index contributed by atoms with van der Waals surface area (Å²) in [7, 11) is 0. The summed E-state index contributed by atoms with van der Waals surface area (Å²) in [4.78, 5) is 25.0. The predicted molar refractivity (Wildman–Crippen MR) is 96.0 cm³/mol. The zero-order valence-corrected chi connectivity index (χ0v) is 13.9. The molecule has 0 radical (unpaired) electrons. The Balaban J connectivity index is 1.72. The number of hydrogen-bond donors (Lipinski definition) is 2. The minimum Gasteiger partial charge on any atom is -0.325 e. The summed E-state index contributed by atoms with van der Waals surface area (Å²) in [5.74, 6) is -0.715. The van der Waals surface area contributed by atoms with E-state index in [4.69, 9.17) is 0 Å². The van der Waals surface area contributed by atoms with E-state index in [2.05, 4.69) is 10.6 Å². The highest BCUT2D eigenvalue weighted by Crippen LogP contribution is 2.26. The van der Waals surface area contributed by atoms with E-state index in [9.17, 15) is 14.0 Å². The zero-order valence-electron chi connectivity index (χ0n) is 13.9. The van der Waals surface area contributed by atoms with Gasteiger partial charge in [0.15, 0.2) is 0 Å². The van der Waals surface area contributed by atoms with Crippen LogP contribution in [0.4, 0.5) is 15.8 Å². The van der Waals surface area contributed by atoms with Gasteiger partial charge >= 0.3 is 0 Å². The van der Waals surface area contributed by atoms with E-state index in [0.717, 1.165) is 25.7 Å². The van der Waals surface area contributed by atoms with Crippen LogP contribution in [0.15, 0.2) is 48.5 Å². The van der Waals surface area contributed by atoms with Gasteiger partial charge < -0.3 is 10.6 Å². The number of hydrogen-bond acceptors (Lipinski definition) is 2. The Morgan fingerprint density at radius 3 is 2.28 bits per heavy atom. The predicted octanol–water partition coefficient (Wildman–Crippen LogP) is 4.60. The SMILES string of the molecule is O=C(Nc1ccc(F)cc1)c1ccccc1NC(=O)C1CCCCC1. The topological polar surface area (TPSA) is 58.2 Å². The summed E-state index contributed by atoms with van der Waals surface area (Å²) in [6.45, 7) is 0. The monoisotopic (exact) mass is 340 g/mol. The molecule has 130 valence electrons. The molecule has 5 heteroatoms. The first kappa shape index (κ1) is 17.1. The van der Waals surface area contributed by atoms with Gasteiger partial charge in [0.05, 0.1) is 11.3 Å². The van der Waals surface area contributed by atoms with Gasteiger partial charge in [-0.05, 0) is 49.2 Å². The van der Waals surface area contributed by atoms with E-state index < -0.39 is 0 Å². The van der Waals surface area contributed by atoms with Crippen molar-refractivity contribution in [2.75, 3.05) is 10.6 Å². The number of benzene rings is 2. The van der Waals surface area contributed by atoms with Gasteiger partial charge in [0.2, 0.25) is 5.91 Å². The summed E-state index contributed by atoms with van der Waals surface area (Å²) < 4.78 is 13.0. The lowest BCUT2D eigenvalue weighted by atomic mass is 9.88. The molecule has 0 unspecified atom stereocenters. The Hall–Kier alpha value is -2.69. The number of para-hydroxylation sites is 1. The van der Waals surface area contributed by atoms with Crippen molar-refractivity contribution in [3.05, 3.63) is 59.9 Å². The van der Waals surface area contributed by atoms with Crippen LogP contribution in [0.5, 0.6) is 0 Å². The maximum Gasteiger partial charge on any atom is 0.257 e. The fraction of sp³-hybridized carbons (Fsp3) is 0.300. The molecule has 2 N–H and O–H groups in total. The van der Waals surface area contributed by atoms with E-state index in [1.54, 1.807) is 24.3 Å². The fourth-order valence-electron chi connectivity index (χ4n) is 3.12. The third-order valence-corrected chi connectivity index (χ3v) is 4.51. The van der Waals surface area contributed by atoms with Gasteiger partial charge in [0, 0.05) is 11.6 Å². The highest BCUT2D eigenvalue weighted by atomic mass is 19.1. The minimum absolute atomic E-state index is 0.0157. The van der Waals surface area contributed by atoms with Crippen LogP contribution in [-0.2, 0) is 4.79 Å². The average Bonchev–Trinajstić information content (AvgIpc) is 2.64. The van der Waals surface area contributed by atoms with Crippen LogP contribution in [-0.4, -0.2) is 11.8 Å². The molecule has 1 fully saturated rings. The van der Waals surface area contributed by atoms with Crippen molar-refractivity contribution in [2.45, 2.75) is 32.1 Å². The van der Waals surface area contributed by atoms with Crippen molar-refractivity contribution in [1.82, 2.24) is 0 Å². The first-order valence-corrected chi connectivity index (χ1v) is 8.60. The molecule has 0 aromatic heterocycles. The molecular formula is C20H21FN2O2. The number of anilines is 2. The van der Waals surface area contributed by atoms with Crippen molar-refractivity contribution in [1.29, 1.82) is 0 Å². The van der Waals surface area contributed by atoms with Gasteiger partial charge in [-0.25, -0.2) is 4.39 Å². The molecule has 0 bridgehead atoms. The Bertz CT molecular complexity index is 753. The molecule has 2 aromatic carbocycles. The molecule has 0 saturated heterocycles. The Morgan fingerprint density at radius 1 is 0.880 bits per heavy atom. The summed E-state index contributed by atoms with van der Waals surface area (Å²) in [5.41, 5.74) is 1.38. The number of amides is 2. The van der Waals surface area contributed by atoms with E-state index in [1.807, 2.05) is 0 Å². The van der Waals surface area contributed by atoms with Gasteiger partial charge in [-0.2, -0.15) is 0 Å². The number of carbonyl (C=O) groups is 2. The summed E-state index contributed by atoms with van der Waals surface area (Å²) in [6.07, 6.45) is 5.13. The summed E-state index contributed by atoms with van der Waals surface area (Å²) in [6, 6.07) is 12.5. The maximum absolute atomic E-state index is 13.0. The molecule has 2 amide bonds. The first-order valence-electron chi connectivity index (χ1n) is 8.60. The second-order valence-electron chi connectivity index (χ2n) is 6.33. The van der Waals surface area contributed by atoms with Crippen molar-refractivity contribution in [2.24, 2.45) is 5.92 Å². The lowest BCUT2D eigenvalue weighted by molar-refractivity contribution is -0.120. The van der Waals surface area contributed by atoms with E-state index in [1.165, 1.54) is 30.7 Å². The van der Waals surface area contributed by atoms with Crippen LogP contribution in [0, 0.1) is 11.7 Å². The molecule has 2 aromatic rings. The highest BCUT2D eigenvalue weighted by molar-refractivity contribution is 6.10. The Morgan fingerprint density at radius 2 is 1.56 bits per heavy atom. The van der Waals surface area contributed by atoms with Gasteiger partial charge in [0.25, 0.3) is 5.91 Å². The van der Waals surface area contributed by atoms with Crippen molar-refractivity contribution in [3.8, 4) is 0 Å². The van der Waals surface area contributed by atoms with E-state index in [0.29, 0.717) is 16.9 Å². The van der Waals surface area contributed by atoms with Crippen molar-refractivity contribution in [3.63, 3.8) is 0 Å². The highest BCUT2D eigenvalue weighted by Gasteiger charge is 2.22. The van der Waals surface area contributed by atoms with E-state index in [-0.39, 0.29) is 23.5 Å². The number of rotatable bonds is 4. The van der Waals surface area contributed by atoms with Crippen molar-refractivity contribution < 1.29 is 14.0 Å². The Kier molecular flexibility index (Phi) is 5.43. The van der Waals surface area contributed by atoms with Crippen LogP contribution in [0.2, 0.25) is 0 Å². The van der Waals surface area contributed by atoms with Crippen molar-refractivity contribution >= 4 is 23.2 Å². The lowest BCUT2D eigenvalue weighted by Gasteiger charge is -2.21. The molecule has 0 atom stereocenters. The van der Waals surface area contributed by atoms with Crippen LogP contribution >= 0.6 is 0 Å². The maximum atomic E-state index is 13.0. The second-order valence-corrected chi connectivity index (χ2v) is 6.33. The third kappa shape index (κ3) is 4.44. The standard InChI is InChI=1S/C20H21FN2O2/c21-15-10-12-16(13-11-15)22-20(25)17-8-4-5-9-18(17)23-19(24)14-6-2-1-3-7-14/h4-5,8-14H,1-3,6-7H2,(H,22,25)(H,23,24). The first-order chi connectivity index (χ1) is 12.1. The number of nitrogens with one attached hydrogen (secondary N) is 2. The molecule has 1 saturated carbocycles. The zero-order chi connectivity index (χ0) is 17.6. The summed E-state index contributed by atoms with van der Waals surface area (Å²) in [5, 5.41) is 5.62. The molecule has 0 aliphatic heterocycles. The average molecular weight is 340 g/mol. The third-order valence-electron chi connectivity index (χ3n) is 4.51. The molecule has 4 nitrogen and oxygen atoms in total. The van der Waals surface area contributed by atoms with Gasteiger partial charge in [-0.3, -0.25) is 9.59 Å². The summed E-state index contributed by atoms with van der Waals surface area (Å²) >= 11 is 0. The molecule has 25 heavy (non-hydrogen) atoms. The molecule has 0 spiro atoms. The smallest absolute Gasteiger partial charge is 0.257 e. The number of halogens is 1. The van der Waals surface area contributed by atoms with Crippen LogP contribution in [0.1, 0.15) is 42.5 Å². The molecule has 1 aliphatic carbocycles. The number of carbonyl (C=O) groups excluding carboxylic acids is 2. The van der Waals surface area contributed by atoms with Gasteiger partial charge in [-0.15, -0.1) is 0 Å². The normalized spacial score (nSPS) is 14.8. The largest absolute Gasteiger partial charge is 0.325 e. The molecule has 1 aliphatic rings.